The van der Waals surface area contributed by atoms with Gasteiger partial charge < -0.3 is 5.21 Å². The predicted molar refractivity (Wildman–Crippen MR) is 49.0 cm³/mol. The van der Waals surface area contributed by atoms with Crippen LogP contribution in [0.15, 0.2) is 12.3 Å². The van der Waals surface area contributed by atoms with Gasteiger partial charge in [0.1, 0.15) is 0 Å². The number of hydrogen-bond acceptors (Lipinski definition) is 1. The van der Waals surface area contributed by atoms with Crippen LogP contribution in [0.3, 0.4) is 0 Å². The lowest BCUT2D eigenvalue weighted by Crippen LogP contribution is -2.30. The second kappa shape index (κ2) is 3.13. The zero-order valence-electron chi connectivity index (χ0n) is 8.09. The van der Waals surface area contributed by atoms with Gasteiger partial charge in [0.2, 0.25) is 0 Å². The Kier molecular flexibility index (Phi) is 2.36. The van der Waals surface area contributed by atoms with Crippen molar-refractivity contribution < 1.29 is 4.73 Å². The van der Waals surface area contributed by atoms with Gasteiger partial charge in [-0.15, -0.1) is 0 Å². The summed E-state index contributed by atoms with van der Waals surface area (Å²) in [6.07, 6.45) is 1.58. The van der Waals surface area contributed by atoms with Gasteiger partial charge in [-0.3, -0.25) is 0 Å². The van der Waals surface area contributed by atoms with Crippen LogP contribution in [0.2, 0.25) is 0 Å². The molecule has 0 aliphatic heterocycles. The summed E-state index contributed by atoms with van der Waals surface area (Å²) in [4.78, 5) is 0. The van der Waals surface area contributed by atoms with Gasteiger partial charge in [-0.1, -0.05) is 13.8 Å². The molecule has 1 aromatic rings. The van der Waals surface area contributed by atoms with E-state index in [2.05, 4.69) is 13.8 Å². The van der Waals surface area contributed by atoms with E-state index < -0.39 is 0 Å². The summed E-state index contributed by atoms with van der Waals surface area (Å²) in [5.41, 5.74) is 3.18. The number of nitrogens with zero attached hydrogens (tertiary/aromatic N) is 1. The highest BCUT2D eigenvalue weighted by molar-refractivity contribution is 5.27. The van der Waals surface area contributed by atoms with Gasteiger partial charge in [0.25, 0.3) is 0 Å². The average molecular weight is 165 g/mol. The number of pyridine rings is 1. The molecular weight excluding hydrogens is 150 g/mol. The molecule has 2 nitrogen and oxygen atoms in total. The Hall–Kier alpha value is -1.05. The zero-order chi connectivity index (χ0) is 9.30. The van der Waals surface area contributed by atoms with Crippen LogP contribution in [-0.4, -0.2) is 0 Å². The monoisotopic (exact) mass is 165 g/mol. The molecule has 0 saturated carbocycles. The van der Waals surface area contributed by atoms with E-state index in [0.717, 1.165) is 16.0 Å². The summed E-state index contributed by atoms with van der Waals surface area (Å²) >= 11 is 0. The van der Waals surface area contributed by atoms with Crippen LogP contribution >= 0.6 is 0 Å². The van der Waals surface area contributed by atoms with Crippen molar-refractivity contribution in [2.24, 2.45) is 0 Å². The van der Waals surface area contributed by atoms with Gasteiger partial charge >= 0.3 is 0 Å². The lowest BCUT2D eigenvalue weighted by atomic mass is 9.98. The third-order valence-electron chi connectivity index (χ3n) is 2.32. The summed E-state index contributed by atoms with van der Waals surface area (Å²) in [7, 11) is 0. The van der Waals surface area contributed by atoms with Crippen LogP contribution in [0.25, 0.3) is 0 Å². The first-order valence-corrected chi connectivity index (χ1v) is 4.23. The number of rotatable bonds is 1. The maximum Gasteiger partial charge on any atom is 0.192 e. The van der Waals surface area contributed by atoms with E-state index in [9.17, 15) is 5.21 Å². The van der Waals surface area contributed by atoms with Crippen LogP contribution in [-0.2, 0) is 0 Å². The first-order chi connectivity index (χ1) is 5.54. The molecule has 0 aliphatic carbocycles. The van der Waals surface area contributed by atoms with E-state index in [1.165, 1.54) is 5.56 Å². The molecule has 0 amide bonds. The molecule has 0 N–H and O–H groups in total. The first-order valence-electron chi connectivity index (χ1n) is 4.23. The van der Waals surface area contributed by atoms with Crippen LogP contribution < -0.4 is 4.73 Å². The van der Waals surface area contributed by atoms with Gasteiger partial charge in [0.05, 0.1) is 0 Å². The minimum atomic E-state index is 0.491. The van der Waals surface area contributed by atoms with Crippen molar-refractivity contribution in [1.82, 2.24) is 0 Å². The molecule has 66 valence electrons. The minimum absolute atomic E-state index is 0.491. The Balaban J connectivity index is 3.27. The zero-order valence-corrected chi connectivity index (χ0v) is 8.09. The molecule has 0 spiro atoms. The SMILES string of the molecule is Cc1c(C(C)C)cc[n+]([O-])c1C. The summed E-state index contributed by atoms with van der Waals surface area (Å²) in [6.45, 7) is 8.13. The normalized spacial score (nSPS) is 10.8. The van der Waals surface area contributed by atoms with E-state index in [0.29, 0.717) is 5.92 Å². The van der Waals surface area contributed by atoms with Gasteiger partial charge in [-0.25, -0.2) is 0 Å². The van der Waals surface area contributed by atoms with E-state index in [1.54, 1.807) is 6.20 Å². The van der Waals surface area contributed by atoms with Crippen molar-refractivity contribution in [3.8, 4) is 0 Å². The third kappa shape index (κ3) is 1.42. The fraction of sp³-hybridized carbons (Fsp3) is 0.500. The van der Waals surface area contributed by atoms with Crippen LogP contribution in [0.5, 0.6) is 0 Å². The highest BCUT2D eigenvalue weighted by Gasteiger charge is 2.10. The molecule has 12 heavy (non-hydrogen) atoms. The van der Waals surface area contributed by atoms with Crippen molar-refractivity contribution in [1.29, 1.82) is 0 Å². The summed E-state index contributed by atoms with van der Waals surface area (Å²) < 4.78 is 0.918. The standard InChI is InChI=1S/C10H15NO/c1-7(2)10-5-6-11(12)9(4)8(10)3/h5-7H,1-4H3. The van der Waals surface area contributed by atoms with E-state index in [4.69, 9.17) is 0 Å². The van der Waals surface area contributed by atoms with E-state index >= 15 is 0 Å². The molecule has 0 aromatic carbocycles. The average Bonchev–Trinajstić information content (AvgIpc) is 2.00. The lowest BCUT2D eigenvalue weighted by molar-refractivity contribution is -0.612. The number of aromatic nitrogens is 1. The minimum Gasteiger partial charge on any atom is -0.619 e. The van der Waals surface area contributed by atoms with Gasteiger partial charge in [-0.2, -0.15) is 4.73 Å². The van der Waals surface area contributed by atoms with E-state index in [-0.39, 0.29) is 0 Å². The fourth-order valence-electron chi connectivity index (χ4n) is 1.38. The molecule has 0 radical (unpaired) electrons. The van der Waals surface area contributed by atoms with Crippen molar-refractivity contribution in [2.45, 2.75) is 33.6 Å². The first kappa shape index (κ1) is 9.04. The van der Waals surface area contributed by atoms with Gasteiger partial charge in [-0.05, 0) is 18.4 Å². The summed E-state index contributed by atoms with van der Waals surface area (Å²) in [5.74, 6) is 0.491. The molecule has 0 aliphatic rings. The second-order valence-electron chi connectivity index (χ2n) is 3.46. The lowest BCUT2D eigenvalue weighted by Gasteiger charge is -2.11. The van der Waals surface area contributed by atoms with E-state index in [1.807, 2.05) is 19.9 Å². The Labute approximate surface area is 73.4 Å². The predicted octanol–water partition coefficient (Wildman–Crippen LogP) is 2.06. The molecule has 2 heteroatoms. The van der Waals surface area contributed by atoms with Crippen molar-refractivity contribution >= 4 is 0 Å². The molecule has 1 aromatic heterocycles. The van der Waals surface area contributed by atoms with Gasteiger partial charge in [0, 0.05) is 18.6 Å². The van der Waals surface area contributed by atoms with Crippen molar-refractivity contribution in [2.75, 3.05) is 0 Å². The Morgan fingerprint density at radius 3 is 2.42 bits per heavy atom. The molecule has 1 heterocycles. The maximum absolute atomic E-state index is 11.1. The fourth-order valence-corrected chi connectivity index (χ4v) is 1.38. The number of hydrogen-bond donors (Lipinski definition) is 0. The second-order valence-corrected chi connectivity index (χ2v) is 3.46. The van der Waals surface area contributed by atoms with Crippen LogP contribution in [0.4, 0.5) is 0 Å². The topological polar surface area (TPSA) is 26.9 Å². The summed E-state index contributed by atoms with van der Waals surface area (Å²) in [6, 6.07) is 1.90. The molecule has 0 atom stereocenters. The highest BCUT2D eigenvalue weighted by Crippen LogP contribution is 2.18. The summed E-state index contributed by atoms with van der Waals surface area (Å²) in [5, 5.41) is 11.1. The Morgan fingerprint density at radius 1 is 1.33 bits per heavy atom. The third-order valence-corrected chi connectivity index (χ3v) is 2.32. The quantitative estimate of drug-likeness (QED) is 0.462. The Morgan fingerprint density at radius 2 is 1.92 bits per heavy atom. The smallest absolute Gasteiger partial charge is 0.192 e. The molecule has 0 unspecified atom stereocenters. The Bertz CT molecular complexity index is 292. The van der Waals surface area contributed by atoms with Crippen LogP contribution in [0, 0.1) is 19.1 Å². The van der Waals surface area contributed by atoms with Crippen molar-refractivity contribution in [3.63, 3.8) is 0 Å². The van der Waals surface area contributed by atoms with Crippen LogP contribution in [0.1, 0.15) is 36.6 Å². The highest BCUT2D eigenvalue weighted by atomic mass is 16.5. The molecule has 0 bridgehead atoms. The molecular formula is C10H15NO. The molecule has 0 saturated heterocycles. The largest absolute Gasteiger partial charge is 0.619 e. The van der Waals surface area contributed by atoms with Crippen molar-refractivity contribution in [3.05, 3.63) is 34.3 Å². The van der Waals surface area contributed by atoms with Gasteiger partial charge in [0.15, 0.2) is 11.9 Å². The molecule has 1 rings (SSSR count). The molecule has 0 fully saturated rings. The maximum atomic E-state index is 11.1.